The first-order chi connectivity index (χ1) is 10.6. The summed E-state index contributed by atoms with van der Waals surface area (Å²) in [4.78, 5) is 14.5. The van der Waals surface area contributed by atoms with E-state index in [2.05, 4.69) is 22.3 Å². The van der Waals surface area contributed by atoms with Crippen molar-refractivity contribution in [2.24, 2.45) is 0 Å². The summed E-state index contributed by atoms with van der Waals surface area (Å²) in [7, 11) is 0. The van der Waals surface area contributed by atoms with Gasteiger partial charge in [0.25, 0.3) is 0 Å². The van der Waals surface area contributed by atoms with Gasteiger partial charge in [-0.3, -0.25) is 9.69 Å². The number of hydrogen-bond acceptors (Lipinski definition) is 3. The molecule has 1 heterocycles. The molecule has 2 unspecified atom stereocenters. The van der Waals surface area contributed by atoms with E-state index in [9.17, 15) is 4.79 Å². The van der Waals surface area contributed by atoms with Crippen LogP contribution in [0.2, 0.25) is 0 Å². The van der Waals surface area contributed by atoms with Crippen LogP contribution in [0.4, 0.5) is 5.69 Å². The van der Waals surface area contributed by atoms with Crippen LogP contribution in [-0.4, -0.2) is 42.6 Å². The summed E-state index contributed by atoms with van der Waals surface area (Å²) in [5, 5.41) is 5.25. The molecule has 4 heteroatoms. The molecule has 4 nitrogen and oxygen atoms in total. The number of morpholine rings is 1. The van der Waals surface area contributed by atoms with Crippen molar-refractivity contribution in [3.63, 3.8) is 0 Å². The zero-order valence-corrected chi connectivity index (χ0v) is 13.1. The van der Waals surface area contributed by atoms with Gasteiger partial charge in [0.05, 0.1) is 18.8 Å². The van der Waals surface area contributed by atoms with Gasteiger partial charge in [-0.25, -0.2) is 0 Å². The summed E-state index contributed by atoms with van der Waals surface area (Å²) in [6.07, 6.45) is 0.350. The van der Waals surface area contributed by atoms with Crippen molar-refractivity contribution < 1.29 is 9.53 Å². The van der Waals surface area contributed by atoms with E-state index in [4.69, 9.17) is 4.74 Å². The highest BCUT2D eigenvalue weighted by Crippen LogP contribution is 2.23. The number of benzene rings is 2. The van der Waals surface area contributed by atoms with E-state index in [1.165, 1.54) is 0 Å². The Morgan fingerprint density at radius 1 is 1.14 bits per heavy atom. The summed E-state index contributed by atoms with van der Waals surface area (Å²) in [5.74, 6) is 0.0256. The van der Waals surface area contributed by atoms with Gasteiger partial charge in [0.15, 0.2) is 0 Å². The molecule has 1 fully saturated rings. The van der Waals surface area contributed by atoms with Crippen molar-refractivity contribution in [3.8, 4) is 0 Å². The highest BCUT2D eigenvalue weighted by atomic mass is 16.5. The molecule has 2 aromatic rings. The third kappa shape index (κ3) is 3.46. The van der Waals surface area contributed by atoms with E-state index in [-0.39, 0.29) is 18.1 Å². The first-order valence-corrected chi connectivity index (χ1v) is 7.77. The largest absolute Gasteiger partial charge is 0.373 e. The molecule has 22 heavy (non-hydrogen) atoms. The third-order valence-electron chi connectivity index (χ3n) is 3.93. The van der Waals surface area contributed by atoms with Gasteiger partial charge in [-0.1, -0.05) is 36.4 Å². The minimum absolute atomic E-state index is 0.0256. The van der Waals surface area contributed by atoms with Crippen molar-refractivity contribution >= 4 is 22.4 Å². The first kappa shape index (κ1) is 15.0. The number of hydrogen-bond donors (Lipinski definition) is 1. The van der Waals surface area contributed by atoms with Crippen molar-refractivity contribution in [3.05, 3.63) is 42.5 Å². The second-order valence-corrected chi connectivity index (χ2v) is 6.03. The van der Waals surface area contributed by atoms with E-state index in [0.29, 0.717) is 6.54 Å². The second-order valence-electron chi connectivity index (χ2n) is 6.03. The average molecular weight is 298 g/mol. The molecule has 1 N–H and O–H groups in total. The highest BCUT2D eigenvalue weighted by Gasteiger charge is 2.23. The first-order valence-electron chi connectivity index (χ1n) is 7.77. The molecule has 116 valence electrons. The Morgan fingerprint density at radius 2 is 1.82 bits per heavy atom. The summed E-state index contributed by atoms with van der Waals surface area (Å²) >= 11 is 0. The molecule has 3 rings (SSSR count). The molecule has 0 aliphatic carbocycles. The zero-order chi connectivity index (χ0) is 15.5. The predicted molar refractivity (Wildman–Crippen MR) is 89.0 cm³/mol. The number of carbonyl (C=O) groups is 1. The van der Waals surface area contributed by atoms with Crippen LogP contribution >= 0.6 is 0 Å². The quantitative estimate of drug-likeness (QED) is 0.947. The molecule has 0 aromatic heterocycles. The lowest BCUT2D eigenvalue weighted by Gasteiger charge is -2.34. The van der Waals surface area contributed by atoms with Crippen LogP contribution < -0.4 is 5.32 Å². The number of amides is 1. The number of nitrogens with one attached hydrogen (secondary N) is 1. The van der Waals surface area contributed by atoms with Crippen molar-refractivity contribution in [1.82, 2.24) is 4.90 Å². The maximum atomic E-state index is 12.3. The molecule has 1 amide bonds. The Morgan fingerprint density at radius 3 is 2.59 bits per heavy atom. The zero-order valence-electron chi connectivity index (χ0n) is 13.1. The maximum Gasteiger partial charge on any atom is 0.238 e. The number of ether oxygens (including phenoxy) is 1. The van der Waals surface area contributed by atoms with E-state index < -0.39 is 0 Å². The number of anilines is 1. The molecule has 2 atom stereocenters. The van der Waals surface area contributed by atoms with Crippen molar-refractivity contribution in [1.29, 1.82) is 0 Å². The average Bonchev–Trinajstić information content (AvgIpc) is 2.46. The Hall–Kier alpha value is -1.91. The lowest BCUT2D eigenvalue weighted by Crippen LogP contribution is -2.48. The molecule has 0 spiro atoms. The maximum absolute atomic E-state index is 12.3. The van der Waals surface area contributed by atoms with Crippen LogP contribution in [0.25, 0.3) is 10.8 Å². The molecule has 1 saturated heterocycles. The molecule has 1 aliphatic heterocycles. The minimum Gasteiger partial charge on any atom is -0.373 e. The Kier molecular flexibility index (Phi) is 4.41. The summed E-state index contributed by atoms with van der Waals surface area (Å²) in [6.45, 7) is 6.10. The lowest BCUT2D eigenvalue weighted by molar-refractivity contribution is -0.121. The van der Waals surface area contributed by atoms with Crippen LogP contribution in [0, 0.1) is 0 Å². The summed E-state index contributed by atoms with van der Waals surface area (Å²) in [6, 6.07) is 14.0. The van der Waals surface area contributed by atoms with Gasteiger partial charge in [0.1, 0.15) is 0 Å². The van der Waals surface area contributed by atoms with E-state index >= 15 is 0 Å². The molecular formula is C18H22N2O2. The van der Waals surface area contributed by atoms with Crippen LogP contribution in [0.15, 0.2) is 42.5 Å². The molecule has 0 saturated carbocycles. The summed E-state index contributed by atoms with van der Waals surface area (Å²) in [5.41, 5.74) is 0.873. The van der Waals surface area contributed by atoms with E-state index in [0.717, 1.165) is 29.5 Å². The standard InChI is InChI=1S/C18H22N2O2/c1-13-10-20(11-14(2)22-13)12-18(21)19-17-9-5-7-15-6-3-4-8-16(15)17/h3-9,13-14H,10-12H2,1-2H3,(H,19,21). The third-order valence-corrected chi connectivity index (χ3v) is 3.93. The van der Waals surface area contributed by atoms with Gasteiger partial charge in [0.2, 0.25) is 5.91 Å². The number of nitrogens with zero attached hydrogens (tertiary/aromatic N) is 1. The van der Waals surface area contributed by atoms with Crippen LogP contribution in [-0.2, 0) is 9.53 Å². The number of carbonyl (C=O) groups excluding carboxylic acids is 1. The molecule has 2 aromatic carbocycles. The van der Waals surface area contributed by atoms with Crippen LogP contribution in [0.3, 0.4) is 0 Å². The van der Waals surface area contributed by atoms with E-state index in [1.807, 2.05) is 44.2 Å². The number of fused-ring (bicyclic) bond motifs is 1. The van der Waals surface area contributed by atoms with Gasteiger partial charge in [0, 0.05) is 24.2 Å². The topological polar surface area (TPSA) is 41.6 Å². The van der Waals surface area contributed by atoms with Gasteiger partial charge in [-0.2, -0.15) is 0 Å². The predicted octanol–water partition coefficient (Wildman–Crippen LogP) is 2.89. The van der Waals surface area contributed by atoms with Gasteiger partial charge >= 0.3 is 0 Å². The Bertz CT molecular complexity index is 656. The Balaban J connectivity index is 1.68. The van der Waals surface area contributed by atoms with E-state index in [1.54, 1.807) is 0 Å². The molecule has 1 aliphatic rings. The monoisotopic (exact) mass is 298 g/mol. The van der Waals surface area contributed by atoms with Crippen LogP contribution in [0.1, 0.15) is 13.8 Å². The SMILES string of the molecule is CC1CN(CC(=O)Nc2cccc3ccccc23)CC(C)O1. The lowest BCUT2D eigenvalue weighted by atomic mass is 10.1. The Labute approximate surface area is 131 Å². The molecule has 0 bridgehead atoms. The highest BCUT2D eigenvalue weighted by molar-refractivity contribution is 6.02. The van der Waals surface area contributed by atoms with Crippen molar-refractivity contribution in [2.75, 3.05) is 25.0 Å². The minimum atomic E-state index is 0.0256. The summed E-state index contributed by atoms with van der Waals surface area (Å²) < 4.78 is 5.70. The van der Waals surface area contributed by atoms with Gasteiger partial charge in [-0.05, 0) is 25.3 Å². The number of rotatable bonds is 3. The smallest absolute Gasteiger partial charge is 0.238 e. The van der Waals surface area contributed by atoms with Crippen molar-refractivity contribution in [2.45, 2.75) is 26.1 Å². The normalized spacial score (nSPS) is 22.6. The fourth-order valence-electron chi connectivity index (χ4n) is 3.14. The fourth-order valence-corrected chi connectivity index (χ4v) is 3.14. The second kappa shape index (κ2) is 6.46. The van der Waals surface area contributed by atoms with Gasteiger partial charge < -0.3 is 10.1 Å². The van der Waals surface area contributed by atoms with Gasteiger partial charge in [-0.15, -0.1) is 0 Å². The van der Waals surface area contributed by atoms with Crippen LogP contribution in [0.5, 0.6) is 0 Å². The fraction of sp³-hybridized carbons (Fsp3) is 0.389. The molecule has 0 radical (unpaired) electrons. The molecular weight excluding hydrogens is 276 g/mol.